The summed E-state index contributed by atoms with van der Waals surface area (Å²) in [6.45, 7) is 6.71. The number of aromatic nitrogens is 2. The summed E-state index contributed by atoms with van der Waals surface area (Å²) >= 11 is 0. The van der Waals surface area contributed by atoms with Crippen molar-refractivity contribution in [3.63, 3.8) is 0 Å². The first-order chi connectivity index (χ1) is 11.5. The van der Waals surface area contributed by atoms with E-state index in [1.807, 2.05) is 39.0 Å². The van der Waals surface area contributed by atoms with Crippen molar-refractivity contribution in [2.45, 2.75) is 33.2 Å². The zero-order chi connectivity index (χ0) is 17.5. The van der Waals surface area contributed by atoms with Crippen LogP contribution >= 0.6 is 0 Å². The van der Waals surface area contributed by atoms with Crippen molar-refractivity contribution in [2.75, 3.05) is 13.7 Å². The molecule has 0 aliphatic heterocycles. The van der Waals surface area contributed by atoms with Crippen molar-refractivity contribution in [3.8, 4) is 11.5 Å². The van der Waals surface area contributed by atoms with Gasteiger partial charge >= 0.3 is 0 Å². The van der Waals surface area contributed by atoms with Crippen LogP contribution in [0.15, 0.2) is 36.7 Å². The molecule has 0 bridgehead atoms. The van der Waals surface area contributed by atoms with Crippen LogP contribution in [0.1, 0.15) is 49.2 Å². The van der Waals surface area contributed by atoms with Gasteiger partial charge in [-0.3, -0.25) is 9.48 Å². The highest BCUT2D eigenvalue weighted by molar-refractivity contribution is 6.06. The van der Waals surface area contributed by atoms with Gasteiger partial charge in [0, 0.05) is 12.2 Å². The largest absolute Gasteiger partial charge is 0.493 e. The Morgan fingerprint density at radius 1 is 1.33 bits per heavy atom. The lowest BCUT2D eigenvalue weighted by atomic mass is 10.1. The van der Waals surface area contributed by atoms with Crippen molar-refractivity contribution in [1.82, 2.24) is 9.78 Å². The summed E-state index contributed by atoms with van der Waals surface area (Å²) in [7, 11) is 1.61. The van der Waals surface area contributed by atoms with Gasteiger partial charge in [-0.15, -0.1) is 0 Å². The normalized spacial score (nSPS) is 11.2. The van der Waals surface area contributed by atoms with Crippen LogP contribution < -0.4 is 9.47 Å². The number of allylic oxidation sites excluding steroid dienone is 1. The van der Waals surface area contributed by atoms with Crippen LogP contribution in [0.4, 0.5) is 0 Å². The van der Waals surface area contributed by atoms with Gasteiger partial charge in [0.25, 0.3) is 0 Å². The van der Waals surface area contributed by atoms with Crippen LogP contribution in [0.2, 0.25) is 0 Å². The highest BCUT2D eigenvalue weighted by Crippen LogP contribution is 2.28. The molecule has 1 aromatic carbocycles. The third-order valence-electron chi connectivity index (χ3n) is 3.49. The average molecular weight is 328 g/mol. The molecular formula is C19H24N2O3. The fourth-order valence-corrected chi connectivity index (χ4v) is 2.14. The monoisotopic (exact) mass is 328 g/mol. The van der Waals surface area contributed by atoms with Crippen molar-refractivity contribution in [2.24, 2.45) is 0 Å². The molecule has 5 heteroatoms. The number of benzene rings is 1. The Morgan fingerprint density at radius 3 is 2.75 bits per heavy atom. The Balaban J connectivity index is 2.13. The van der Waals surface area contributed by atoms with Crippen LogP contribution in [0.3, 0.4) is 0 Å². The molecule has 2 aromatic rings. The van der Waals surface area contributed by atoms with E-state index < -0.39 is 0 Å². The molecule has 0 unspecified atom stereocenters. The predicted molar refractivity (Wildman–Crippen MR) is 94.8 cm³/mol. The summed E-state index contributed by atoms with van der Waals surface area (Å²) < 4.78 is 12.7. The van der Waals surface area contributed by atoms with Gasteiger partial charge < -0.3 is 9.47 Å². The third kappa shape index (κ3) is 4.47. The van der Waals surface area contributed by atoms with Crippen molar-refractivity contribution >= 4 is 11.9 Å². The Bertz CT molecular complexity index is 717. The van der Waals surface area contributed by atoms with Crippen molar-refractivity contribution in [3.05, 3.63) is 47.8 Å². The standard InChI is InChI=1S/C19H24N2O3/c1-5-10-24-19-11-15(7-9-18(19)23-4)6-8-17(22)16-12-20-21(13-16)14(2)3/h6-9,11-14H,5,10H2,1-4H3. The van der Waals surface area contributed by atoms with Crippen LogP contribution in [0.5, 0.6) is 11.5 Å². The second-order valence-electron chi connectivity index (χ2n) is 5.76. The van der Waals surface area contributed by atoms with Gasteiger partial charge in [-0.1, -0.05) is 19.1 Å². The van der Waals surface area contributed by atoms with Gasteiger partial charge in [-0.2, -0.15) is 5.10 Å². The number of carbonyl (C=O) groups excluding carboxylic acids is 1. The predicted octanol–water partition coefficient (Wildman–Crippen LogP) is 4.16. The maximum Gasteiger partial charge on any atom is 0.189 e. The molecule has 0 spiro atoms. The van der Waals surface area contributed by atoms with E-state index in [0.29, 0.717) is 23.7 Å². The lowest BCUT2D eigenvalue weighted by Gasteiger charge is -2.10. The minimum atomic E-state index is -0.0752. The van der Waals surface area contributed by atoms with Gasteiger partial charge in [-0.25, -0.2) is 0 Å². The lowest BCUT2D eigenvalue weighted by Crippen LogP contribution is -2.00. The van der Waals surface area contributed by atoms with E-state index in [9.17, 15) is 4.79 Å². The highest BCUT2D eigenvalue weighted by atomic mass is 16.5. The topological polar surface area (TPSA) is 53.3 Å². The van der Waals surface area contributed by atoms with E-state index in [2.05, 4.69) is 5.10 Å². The number of hydrogen-bond acceptors (Lipinski definition) is 4. The zero-order valence-corrected chi connectivity index (χ0v) is 14.7. The van der Waals surface area contributed by atoms with Gasteiger partial charge in [0.2, 0.25) is 0 Å². The van der Waals surface area contributed by atoms with Crippen molar-refractivity contribution in [1.29, 1.82) is 0 Å². The molecule has 0 aliphatic carbocycles. The van der Waals surface area contributed by atoms with E-state index in [0.717, 1.165) is 12.0 Å². The number of carbonyl (C=O) groups is 1. The quantitative estimate of drug-likeness (QED) is 0.539. The first kappa shape index (κ1) is 17.8. The number of methoxy groups -OCH3 is 1. The molecule has 0 fully saturated rings. The molecule has 0 radical (unpaired) electrons. The molecule has 5 nitrogen and oxygen atoms in total. The van der Waals surface area contributed by atoms with Crippen molar-refractivity contribution < 1.29 is 14.3 Å². The van der Waals surface area contributed by atoms with E-state index in [4.69, 9.17) is 9.47 Å². The summed E-state index contributed by atoms with van der Waals surface area (Å²) in [5.41, 5.74) is 1.46. The number of ketones is 1. The Labute approximate surface area is 142 Å². The SMILES string of the molecule is CCCOc1cc(C=CC(=O)c2cnn(C(C)C)c2)ccc1OC. The first-order valence-corrected chi connectivity index (χ1v) is 8.12. The van der Waals surface area contributed by atoms with E-state index in [1.165, 1.54) is 0 Å². The molecule has 0 atom stereocenters. The number of hydrogen-bond donors (Lipinski definition) is 0. The molecular weight excluding hydrogens is 304 g/mol. The molecule has 1 heterocycles. The fourth-order valence-electron chi connectivity index (χ4n) is 2.14. The molecule has 0 saturated carbocycles. The second kappa shape index (κ2) is 8.34. The summed E-state index contributed by atoms with van der Waals surface area (Å²) in [5.74, 6) is 1.29. The maximum atomic E-state index is 12.2. The van der Waals surface area contributed by atoms with Crippen LogP contribution in [-0.2, 0) is 0 Å². The van der Waals surface area contributed by atoms with E-state index >= 15 is 0 Å². The molecule has 0 saturated heterocycles. The minimum absolute atomic E-state index is 0.0752. The molecule has 128 valence electrons. The number of nitrogens with zero attached hydrogens (tertiary/aromatic N) is 2. The van der Waals surface area contributed by atoms with Gasteiger partial charge in [0.1, 0.15) is 0 Å². The Kier molecular flexibility index (Phi) is 6.18. The molecule has 1 aromatic heterocycles. The van der Waals surface area contributed by atoms with Crippen LogP contribution in [0, 0.1) is 0 Å². The summed E-state index contributed by atoms with van der Waals surface area (Å²) in [4.78, 5) is 12.2. The van der Waals surface area contributed by atoms with Gasteiger partial charge in [0.05, 0.1) is 25.5 Å². The number of ether oxygens (including phenoxy) is 2. The summed E-state index contributed by atoms with van der Waals surface area (Å²) in [6, 6.07) is 5.83. The molecule has 0 aliphatic rings. The van der Waals surface area contributed by atoms with Crippen LogP contribution in [0.25, 0.3) is 6.08 Å². The molecule has 0 amide bonds. The smallest absolute Gasteiger partial charge is 0.189 e. The number of rotatable bonds is 8. The molecule has 0 N–H and O–H groups in total. The zero-order valence-electron chi connectivity index (χ0n) is 14.7. The first-order valence-electron chi connectivity index (χ1n) is 8.12. The second-order valence-corrected chi connectivity index (χ2v) is 5.76. The fraction of sp³-hybridized carbons (Fsp3) is 0.368. The van der Waals surface area contributed by atoms with Gasteiger partial charge in [-0.05, 0) is 44.0 Å². The van der Waals surface area contributed by atoms with Crippen LogP contribution in [-0.4, -0.2) is 29.3 Å². The maximum absolute atomic E-state index is 12.2. The Hall–Kier alpha value is -2.56. The molecule has 24 heavy (non-hydrogen) atoms. The highest BCUT2D eigenvalue weighted by Gasteiger charge is 2.08. The summed E-state index contributed by atoms with van der Waals surface area (Å²) in [6.07, 6.45) is 7.60. The third-order valence-corrected chi connectivity index (χ3v) is 3.49. The summed E-state index contributed by atoms with van der Waals surface area (Å²) in [5, 5.41) is 4.19. The average Bonchev–Trinajstić information content (AvgIpc) is 3.08. The minimum Gasteiger partial charge on any atom is -0.493 e. The Morgan fingerprint density at radius 2 is 2.12 bits per heavy atom. The van der Waals surface area contributed by atoms with E-state index in [-0.39, 0.29) is 11.8 Å². The van der Waals surface area contributed by atoms with E-state index in [1.54, 1.807) is 36.3 Å². The van der Waals surface area contributed by atoms with Gasteiger partial charge in [0.15, 0.2) is 17.3 Å². The lowest BCUT2D eigenvalue weighted by molar-refractivity contribution is 0.104. The molecule has 2 rings (SSSR count).